The highest BCUT2D eigenvalue weighted by atomic mass is 16.5. The van der Waals surface area contributed by atoms with Crippen LogP contribution in [0.5, 0.6) is 11.5 Å². The van der Waals surface area contributed by atoms with Crippen molar-refractivity contribution in [3.8, 4) is 11.5 Å². The Morgan fingerprint density at radius 1 is 1.00 bits per heavy atom. The van der Waals surface area contributed by atoms with Gasteiger partial charge in [-0.3, -0.25) is 0 Å². The molecular weight excluding hydrogens is 240 g/mol. The van der Waals surface area contributed by atoms with E-state index in [1.807, 2.05) is 31.2 Å². The number of rotatable bonds is 5. The van der Waals surface area contributed by atoms with E-state index in [4.69, 9.17) is 14.6 Å². The molecule has 19 heavy (non-hydrogen) atoms. The molecule has 0 aliphatic rings. The molecule has 0 aliphatic heterocycles. The van der Waals surface area contributed by atoms with Crippen molar-refractivity contribution in [3.63, 3.8) is 0 Å². The van der Waals surface area contributed by atoms with Crippen LogP contribution in [0.15, 0.2) is 24.3 Å². The fraction of sp³-hybridized carbons (Fsp3) is 0.375. The number of aliphatic hydroxyl groups is 1. The fourth-order valence-corrected chi connectivity index (χ4v) is 2.60. The van der Waals surface area contributed by atoms with Gasteiger partial charge in [0.05, 0.1) is 14.2 Å². The minimum atomic E-state index is 0.178. The van der Waals surface area contributed by atoms with Gasteiger partial charge < -0.3 is 14.6 Å². The third-order valence-corrected chi connectivity index (χ3v) is 3.48. The van der Waals surface area contributed by atoms with Gasteiger partial charge in [0, 0.05) is 22.9 Å². The first kappa shape index (κ1) is 13.7. The fourth-order valence-electron chi connectivity index (χ4n) is 2.60. The Morgan fingerprint density at radius 3 is 2.11 bits per heavy atom. The summed E-state index contributed by atoms with van der Waals surface area (Å²) in [6.45, 7) is 2.22. The van der Waals surface area contributed by atoms with Crippen molar-refractivity contribution in [1.82, 2.24) is 0 Å². The minimum Gasteiger partial charge on any atom is -0.496 e. The second kappa shape index (κ2) is 5.93. The lowest BCUT2D eigenvalue weighted by Gasteiger charge is -2.18. The number of benzene rings is 2. The average molecular weight is 260 g/mol. The van der Waals surface area contributed by atoms with Crippen LogP contribution >= 0.6 is 0 Å². The van der Waals surface area contributed by atoms with Gasteiger partial charge in [0.1, 0.15) is 11.5 Å². The topological polar surface area (TPSA) is 38.7 Å². The zero-order valence-corrected chi connectivity index (χ0v) is 11.7. The molecule has 0 bridgehead atoms. The first-order chi connectivity index (χ1) is 9.24. The molecule has 0 radical (unpaired) electrons. The summed E-state index contributed by atoms with van der Waals surface area (Å²) in [4.78, 5) is 0. The molecular formula is C16H20O3. The zero-order valence-electron chi connectivity index (χ0n) is 11.7. The van der Waals surface area contributed by atoms with E-state index in [1.54, 1.807) is 14.2 Å². The van der Waals surface area contributed by atoms with Gasteiger partial charge in [-0.1, -0.05) is 24.3 Å². The Hall–Kier alpha value is -1.74. The lowest BCUT2D eigenvalue weighted by molar-refractivity contribution is 0.287. The molecule has 102 valence electrons. The number of methoxy groups -OCH3 is 2. The number of fused-ring (bicyclic) bond motifs is 1. The number of aliphatic hydroxyl groups excluding tert-OH is 1. The van der Waals surface area contributed by atoms with E-state index >= 15 is 0 Å². The van der Waals surface area contributed by atoms with E-state index < -0.39 is 0 Å². The molecule has 0 aliphatic carbocycles. The number of ether oxygens (including phenoxy) is 2. The van der Waals surface area contributed by atoms with Crippen LogP contribution in [0.1, 0.15) is 17.5 Å². The normalized spacial score (nSPS) is 10.7. The molecule has 0 aromatic heterocycles. The third kappa shape index (κ3) is 2.38. The summed E-state index contributed by atoms with van der Waals surface area (Å²) >= 11 is 0. The first-order valence-electron chi connectivity index (χ1n) is 6.47. The van der Waals surface area contributed by atoms with Crippen molar-refractivity contribution in [2.45, 2.75) is 19.8 Å². The SMILES string of the molecule is COc1c(C)c(CCCO)c(OC)c2ccccc12. The van der Waals surface area contributed by atoms with Crippen molar-refractivity contribution in [1.29, 1.82) is 0 Å². The lowest BCUT2D eigenvalue weighted by Crippen LogP contribution is -2.01. The van der Waals surface area contributed by atoms with E-state index in [0.29, 0.717) is 0 Å². The van der Waals surface area contributed by atoms with E-state index in [9.17, 15) is 0 Å². The van der Waals surface area contributed by atoms with Gasteiger partial charge in [-0.15, -0.1) is 0 Å². The third-order valence-electron chi connectivity index (χ3n) is 3.48. The van der Waals surface area contributed by atoms with Crippen molar-refractivity contribution in [2.24, 2.45) is 0 Å². The standard InChI is InChI=1S/C16H20O3/c1-11-12(9-6-10-17)16(19-3)14-8-5-4-7-13(14)15(11)18-2/h4-5,7-8,17H,6,9-10H2,1-3H3. The Bertz CT molecular complexity index is 576. The van der Waals surface area contributed by atoms with Crippen LogP contribution in [0.25, 0.3) is 10.8 Å². The summed E-state index contributed by atoms with van der Waals surface area (Å²) in [6.07, 6.45) is 1.51. The van der Waals surface area contributed by atoms with Gasteiger partial charge in [0.2, 0.25) is 0 Å². The predicted molar refractivity (Wildman–Crippen MR) is 77.2 cm³/mol. The first-order valence-corrected chi connectivity index (χ1v) is 6.47. The van der Waals surface area contributed by atoms with Crippen LogP contribution in [0, 0.1) is 6.92 Å². The van der Waals surface area contributed by atoms with Crippen molar-refractivity contribution >= 4 is 10.8 Å². The Morgan fingerprint density at radius 2 is 1.58 bits per heavy atom. The predicted octanol–water partition coefficient (Wildman–Crippen LogP) is 3.09. The molecule has 2 aromatic carbocycles. The Kier molecular flexibility index (Phi) is 4.27. The Balaban J connectivity index is 2.75. The van der Waals surface area contributed by atoms with Crippen LogP contribution < -0.4 is 9.47 Å². The maximum Gasteiger partial charge on any atom is 0.130 e. The average Bonchev–Trinajstić information content (AvgIpc) is 2.44. The molecule has 3 heteroatoms. The van der Waals surface area contributed by atoms with E-state index in [0.717, 1.165) is 46.2 Å². The van der Waals surface area contributed by atoms with Crippen LogP contribution in [0.3, 0.4) is 0 Å². The highest BCUT2D eigenvalue weighted by Crippen LogP contribution is 2.40. The monoisotopic (exact) mass is 260 g/mol. The zero-order chi connectivity index (χ0) is 13.8. The van der Waals surface area contributed by atoms with Gasteiger partial charge in [-0.2, -0.15) is 0 Å². The summed E-state index contributed by atoms with van der Waals surface area (Å²) in [5.74, 6) is 1.78. The summed E-state index contributed by atoms with van der Waals surface area (Å²) in [7, 11) is 3.38. The molecule has 0 amide bonds. The highest BCUT2D eigenvalue weighted by molar-refractivity contribution is 5.96. The Labute approximate surface area is 113 Å². The number of hydrogen-bond donors (Lipinski definition) is 1. The van der Waals surface area contributed by atoms with E-state index in [2.05, 4.69) is 0 Å². The molecule has 0 spiro atoms. The maximum absolute atomic E-state index is 9.05. The van der Waals surface area contributed by atoms with E-state index in [-0.39, 0.29) is 6.61 Å². The lowest BCUT2D eigenvalue weighted by atomic mass is 9.95. The molecule has 3 nitrogen and oxygen atoms in total. The van der Waals surface area contributed by atoms with Crippen LogP contribution in [-0.4, -0.2) is 25.9 Å². The number of hydrogen-bond acceptors (Lipinski definition) is 3. The van der Waals surface area contributed by atoms with Gasteiger partial charge in [-0.25, -0.2) is 0 Å². The van der Waals surface area contributed by atoms with Gasteiger partial charge in [-0.05, 0) is 25.3 Å². The van der Waals surface area contributed by atoms with Gasteiger partial charge in [0.15, 0.2) is 0 Å². The van der Waals surface area contributed by atoms with Crippen molar-refractivity contribution in [2.75, 3.05) is 20.8 Å². The molecule has 1 N–H and O–H groups in total. The largest absolute Gasteiger partial charge is 0.496 e. The van der Waals surface area contributed by atoms with Gasteiger partial charge >= 0.3 is 0 Å². The summed E-state index contributed by atoms with van der Waals surface area (Å²) < 4.78 is 11.2. The van der Waals surface area contributed by atoms with Crippen LogP contribution in [-0.2, 0) is 6.42 Å². The highest BCUT2D eigenvalue weighted by Gasteiger charge is 2.17. The summed E-state index contributed by atoms with van der Waals surface area (Å²) in [6, 6.07) is 8.07. The smallest absolute Gasteiger partial charge is 0.130 e. The molecule has 0 atom stereocenters. The molecule has 0 fully saturated rings. The molecule has 0 unspecified atom stereocenters. The van der Waals surface area contributed by atoms with E-state index in [1.165, 1.54) is 0 Å². The summed E-state index contributed by atoms with van der Waals surface area (Å²) in [5.41, 5.74) is 2.21. The molecule has 0 heterocycles. The molecule has 0 saturated heterocycles. The second-order valence-corrected chi connectivity index (χ2v) is 4.54. The minimum absolute atomic E-state index is 0.178. The van der Waals surface area contributed by atoms with Gasteiger partial charge in [0.25, 0.3) is 0 Å². The molecule has 2 rings (SSSR count). The maximum atomic E-state index is 9.05. The van der Waals surface area contributed by atoms with Crippen LogP contribution in [0.4, 0.5) is 0 Å². The molecule has 0 saturated carbocycles. The second-order valence-electron chi connectivity index (χ2n) is 4.54. The van der Waals surface area contributed by atoms with Crippen molar-refractivity contribution < 1.29 is 14.6 Å². The quantitative estimate of drug-likeness (QED) is 0.897. The van der Waals surface area contributed by atoms with Crippen LogP contribution in [0.2, 0.25) is 0 Å². The molecule has 2 aromatic rings. The van der Waals surface area contributed by atoms with Crippen molar-refractivity contribution in [3.05, 3.63) is 35.4 Å². The summed E-state index contributed by atoms with van der Waals surface area (Å²) in [5, 5.41) is 11.2.